The molecule has 0 radical (unpaired) electrons. The minimum absolute atomic E-state index is 0.162. The third-order valence-electron chi connectivity index (χ3n) is 5.60. The van der Waals surface area contributed by atoms with Gasteiger partial charge in [-0.15, -0.1) is 0 Å². The number of esters is 1. The molecule has 0 unspecified atom stereocenters. The molecule has 3 heterocycles. The number of carbonyl (C=O) groups is 2. The molecule has 1 saturated heterocycles. The lowest BCUT2D eigenvalue weighted by atomic mass is 10.0. The zero-order valence-electron chi connectivity index (χ0n) is 18.5. The normalized spacial score (nSPS) is 22.9. The molecule has 1 aliphatic rings. The summed E-state index contributed by atoms with van der Waals surface area (Å²) < 4.78 is 15.7. The number of nitrogens with zero attached hydrogens (tertiary/aromatic N) is 3. The molecule has 1 fully saturated rings. The van der Waals surface area contributed by atoms with E-state index in [1.807, 2.05) is 0 Å². The van der Waals surface area contributed by atoms with Crippen LogP contribution in [0, 0.1) is 0 Å². The van der Waals surface area contributed by atoms with Gasteiger partial charge in [0.2, 0.25) is 5.91 Å². The molecular weight excluding hydrogens is 446 g/mol. The molecule has 3 aromatic rings. The van der Waals surface area contributed by atoms with E-state index in [9.17, 15) is 14.7 Å². The Hall–Kier alpha value is -3.81. The summed E-state index contributed by atoms with van der Waals surface area (Å²) in [5, 5.41) is 13.6. The summed E-state index contributed by atoms with van der Waals surface area (Å²) >= 11 is 0. The third-order valence-corrected chi connectivity index (χ3v) is 5.60. The van der Waals surface area contributed by atoms with Crippen LogP contribution in [0.5, 0.6) is 5.75 Å². The Bertz CT molecular complexity index is 1180. The number of anilines is 1. The van der Waals surface area contributed by atoms with Crippen LogP contribution in [0.25, 0.3) is 11.2 Å². The van der Waals surface area contributed by atoms with Gasteiger partial charge in [-0.05, 0) is 24.1 Å². The number of nitrogens with one attached hydrogen (secondary N) is 2. The summed E-state index contributed by atoms with van der Waals surface area (Å²) in [5.41, 5.74) is 13.3. The van der Waals surface area contributed by atoms with E-state index in [-0.39, 0.29) is 23.7 Å². The van der Waals surface area contributed by atoms with Crippen LogP contribution in [0.3, 0.4) is 0 Å². The van der Waals surface area contributed by atoms with Gasteiger partial charge in [-0.2, -0.15) is 0 Å². The number of hydrogen-bond donors (Lipinski definition) is 5. The largest absolute Gasteiger partial charge is 0.497 e. The smallest absolute Gasteiger partial charge is 0.337 e. The van der Waals surface area contributed by atoms with Crippen molar-refractivity contribution in [3.63, 3.8) is 0 Å². The molecule has 1 aromatic carbocycles. The summed E-state index contributed by atoms with van der Waals surface area (Å²) in [6, 6.07) is 5.03. The first kappa shape index (κ1) is 23.4. The number of hydrogen-bond acceptors (Lipinski definition) is 11. The Balaban J connectivity index is 1.51. The molecular formula is C21H25N7O6. The molecule has 1 amide bonds. The molecule has 1 aliphatic heterocycles. The summed E-state index contributed by atoms with van der Waals surface area (Å²) in [4.78, 5) is 40.2. The summed E-state index contributed by atoms with van der Waals surface area (Å²) in [6.07, 6.45) is -2.26. The number of aromatic nitrogens is 4. The van der Waals surface area contributed by atoms with Crippen LogP contribution in [-0.2, 0) is 25.5 Å². The summed E-state index contributed by atoms with van der Waals surface area (Å²) in [6.45, 7) is 0. The van der Waals surface area contributed by atoms with E-state index < -0.39 is 42.3 Å². The molecule has 5 atom stereocenters. The van der Waals surface area contributed by atoms with Gasteiger partial charge < -0.3 is 41.1 Å². The molecule has 180 valence electrons. The number of carbonyl (C=O) groups excluding carboxylic acids is 2. The number of amides is 1. The Kier molecular flexibility index (Phi) is 6.58. The second-order valence-electron chi connectivity index (χ2n) is 7.76. The van der Waals surface area contributed by atoms with E-state index in [1.54, 1.807) is 31.4 Å². The van der Waals surface area contributed by atoms with E-state index >= 15 is 0 Å². The molecule has 0 saturated carbocycles. The van der Waals surface area contributed by atoms with Crippen molar-refractivity contribution in [2.24, 2.45) is 5.73 Å². The number of benzene rings is 1. The zero-order chi connectivity index (χ0) is 24.4. The van der Waals surface area contributed by atoms with Gasteiger partial charge in [-0.25, -0.2) is 19.7 Å². The zero-order valence-corrected chi connectivity index (χ0v) is 18.5. The number of imidazole rings is 1. The van der Waals surface area contributed by atoms with Crippen LogP contribution in [0.2, 0.25) is 0 Å². The van der Waals surface area contributed by atoms with Gasteiger partial charge in [-0.3, -0.25) is 4.79 Å². The van der Waals surface area contributed by atoms with Crippen LogP contribution in [0.15, 0.2) is 30.6 Å². The third kappa shape index (κ3) is 4.48. The molecule has 2 aromatic heterocycles. The highest BCUT2D eigenvalue weighted by Gasteiger charge is 2.50. The van der Waals surface area contributed by atoms with Crippen molar-refractivity contribution < 1.29 is 28.9 Å². The van der Waals surface area contributed by atoms with Crippen molar-refractivity contribution in [3.8, 4) is 5.75 Å². The second-order valence-corrected chi connectivity index (χ2v) is 7.76. The van der Waals surface area contributed by atoms with Crippen LogP contribution in [0.1, 0.15) is 17.5 Å². The maximum absolute atomic E-state index is 12.8. The van der Waals surface area contributed by atoms with Crippen molar-refractivity contribution in [2.75, 3.05) is 20.0 Å². The molecule has 4 rings (SSSR count). The van der Waals surface area contributed by atoms with Gasteiger partial charge in [-0.1, -0.05) is 12.1 Å². The first-order valence-electron chi connectivity index (χ1n) is 10.4. The number of fused-ring (bicyclic) bond motifs is 1. The quantitative estimate of drug-likeness (QED) is 0.264. The van der Waals surface area contributed by atoms with Gasteiger partial charge in [0, 0.05) is 0 Å². The highest BCUT2D eigenvalue weighted by Crippen LogP contribution is 2.34. The van der Waals surface area contributed by atoms with Gasteiger partial charge in [0.25, 0.3) is 0 Å². The minimum Gasteiger partial charge on any atom is -0.497 e. The van der Waals surface area contributed by atoms with Crippen molar-refractivity contribution in [2.45, 2.75) is 36.8 Å². The number of aliphatic hydroxyl groups is 1. The number of nitrogen functional groups attached to an aromatic ring is 1. The molecule has 13 heteroatoms. The number of methoxy groups -OCH3 is 2. The van der Waals surface area contributed by atoms with Gasteiger partial charge in [0.15, 0.2) is 17.6 Å². The number of ether oxygens (including phenoxy) is 3. The van der Waals surface area contributed by atoms with E-state index in [4.69, 9.17) is 25.7 Å². The fourth-order valence-corrected chi connectivity index (χ4v) is 3.77. The number of aliphatic hydroxyl groups excluding tert-OH is 1. The van der Waals surface area contributed by atoms with Crippen molar-refractivity contribution in [3.05, 3.63) is 42.0 Å². The predicted molar refractivity (Wildman–Crippen MR) is 118 cm³/mol. The van der Waals surface area contributed by atoms with Gasteiger partial charge >= 0.3 is 5.97 Å². The van der Waals surface area contributed by atoms with Crippen LogP contribution >= 0.6 is 0 Å². The van der Waals surface area contributed by atoms with Crippen LogP contribution in [-0.4, -0.2) is 75.4 Å². The molecule has 7 N–H and O–H groups in total. The fraction of sp³-hybridized carbons (Fsp3) is 0.381. The molecule has 13 nitrogen and oxygen atoms in total. The monoisotopic (exact) mass is 471 g/mol. The Labute approximate surface area is 193 Å². The average Bonchev–Trinajstić information content (AvgIpc) is 3.41. The maximum atomic E-state index is 12.8. The van der Waals surface area contributed by atoms with Gasteiger partial charge in [0.05, 0.1) is 26.3 Å². The lowest BCUT2D eigenvalue weighted by molar-refractivity contribution is -0.154. The molecule has 34 heavy (non-hydrogen) atoms. The SMILES string of the molecule is COC(=O)[C@H]1O[C@@H](c2nc3ncnc(N)c3[nH]2)[C@H](O)[C@@H]1NC(=O)[C@@H](N)Cc1ccc(OC)cc1. The number of H-pyrrole nitrogens is 1. The Morgan fingerprint density at radius 3 is 2.65 bits per heavy atom. The highest BCUT2D eigenvalue weighted by atomic mass is 16.6. The van der Waals surface area contributed by atoms with E-state index in [1.165, 1.54) is 13.4 Å². The number of rotatable bonds is 7. The second kappa shape index (κ2) is 9.59. The number of nitrogens with two attached hydrogens (primary N) is 2. The average molecular weight is 471 g/mol. The maximum Gasteiger partial charge on any atom is 0.337 e. The topological polar surface area (TPSA) is 201 Å². The Morgan fingerprint density at radius 2 is 2.00 bits per heavy atom. The highest BCUT2D eigenvalue weighted by molar-refractivity contribution is 5.84. The lowest BCUT2D eigenvalue weighted by Gasteiger charge is -2.22. The van der Waals surface area contributed by atoms with Crippen molar-refractivity contribution in [1.82, 2.24) is 25.3 Å². The lowest BCUT2D eigenvalue weighted by Crippen LogP contribution is -2.54. The summed E-state index contributed by atoms with van der Waals surface area (Å²) in [5.74, 6) is -0.333. The van der Waals surface area contributed by atoms with Crippen LogP contribution in [0.4, 0.5) is 5.82 Å². The van der Waals surface area contributed by atoms with Crippen molar-refractivity contribution in [1.29, 1.82) is 0 Å². The van der Waals surface area contributed by atoms with E-state index in [2.05, 4.69) is 25.3 Å². The van der Waals surface area contributed by atoms with Crippen molar-refractivity contribution >= 4 is 28.9 Å². The number of aromatic amines is 1. The molecule has 0 spiro atoms. The van der Waals surface area contributed by atoms with E-state index in [0.29, 0.717) is 11.3 Å². The van der Waals surface area contributed by atoms with E-state index in [0.717, 1.165) is 5.56 Å². The fourth-order valence-electron chi connectivity index (χ4n) is 3.77. The first-order chi connectivity index (χ1) is 16.3. The standard InChI is InChI=1S/C21H25N7O6/c1-32-10-5-3-9(4-6-10)7-11(22)20(30)27-12-14(29)16(34-15(12)21(31)33-2)19-26-13-17(23)24-8-25-18(13)28-19/h3-6,8,11-12,14-16,29H,7,22H2,1-2H3,(H,27,30)(H3,23,24,25,26,28)/t11-,12-,14+,15-,16+/m0/s1. The Morgan fingerprint density at radius 1 is 1.26 bits per heavy atom. The first-order valence-corrected chi connectivity index (χ1v) is 10.4. The molecule has 0 bridgehead atoms. The summed E-state index contributed by atoms with van der Waals surface area (Å²) in [7, 11) is 2.74. The molecule has 0 aliphatic carbocycles. The minimum atomic E-state index is -1.35. The van der Waals surface area contributed by atoms with Gasteiger partial charge in [0.1, 0.15) is 35.6 Å². The van der Waals surface area contributed by atoms with Crippen LogP contribution < -0.4 is 21.5 Å². The predicted octanol–water partition coefficient (Wildman–Crippen LogP) is -1.03.